The van der Waals surface area contributed by atoms with Gasteiger partial charge in [-0.05, 0) is 50.5 Å². The minimum atomic E-state index is -4.44. The highest BCUT2D eigenvalue weighted by Crippen LogP contribution is 2.50. The summed E-state index contributed by atoms with van der Waals surface area (Å²) in [6.45, 7) is 4.91. The number of fused-ring (bicyclic) bond motifs is 3. The van der Waals surface area contributed by atoms with Gasteiger partial charge < -0.3 is 9.80 Å². The van der Waals surface area contributed by atoms with Gasteiger partial charge in [-0.15, -0.1) is 10.2 Å². The van der Waals surface area contributed by atoms with Gasteiger partial charge in [0.15, 0.2) is 5.82 Å². The first-order chi connectivity index (χ1) is 16.9. The predicted octanol–water partition coefficient (Wildman–Crippen LogP) is 3.53. The average molecular weight is 520 g/mol. The molecule has 4 aliphatic rings. The highest BCUT2D eigenvalue weighted by molar-refractivity contribution is 6.30. The monoisotopic (exact) mass is 519 g/mol. The lowest BCUT2D eigenvalue weighted by Gasteiger charge is -2.60. The Morgan fingerprint density at radius 2 is 1.81 bits per heavy atom. The number of likely N-dealkylation sites (tertiary alicyclic amines) is 1. The zero-order valence-electron chi connectivity index (χ0n) is 19.9. The van der Waals surface area contributed by atoms with E-state index in [1.54, 1.807) is 23.1 Å². The number of hydrogen-bond donors (Lipinski definition) is 0. The molecular weight excluding hydrogens is 495 g/mol. The van der Waals surface area contributed by atoms with Crippen LogP contribution in [0.5, 0.6) is 0 Å². The summed E-state index contributed by atoms with van der Waals surface area (Å²) in [6, 6.07) is 7.38. The molecule has 0 unspecified atom stereocenters. The average Bonchev–Trinajstić information content (AvgIpc) is 3.49. The Kier molecular flexibility index (Phi) is 4.81. The Morgan fingerprint density at radius 3 is 2.42 bits per heavy atom. The third kappa shape index (κ3) is 3.34. The molecule has 0 bridgehead atoms. The summed E-state index contributed by atoms with van der Waals surface area (Å²) >= 11 is 6.23. The van der Waals surface area contributed by atoms with Crippen molar-refractivity contribution in [2.75, 3.05) is 31.1 Å². The number of carbonyl (C=O) groups is 1. The zero-order valence-corrected chi connectivity index (χ0v) is 20.7. The summed E-state index contributed by atoms with van der Waals surface area (Å²) < 4.78 is 43.6. The summed E-state index contributed by atoms with van der Waals surface area (Å²) in [5.41, 5.74) is -1.56. The van der Waals surface area contributed by atoms with Crippen molar-refractivity contribution < 1.29 is 18.0 Å². The molecule has 0 radical (unpaired) electrons. The van der Waals surface area contributed by atoms with Crippen molar-refractivity contribution in [3.8, 4) is 11.8 Å². The zero-order chi connectivity index (χ0) is 25.7. The second-order valence-electron chi connectivity index (χ2n) is 11.1. The molecule has 1 aromatic heterocycles. The minimum Gasteiger partial charge on any atom is -0.340 e. The van der Waals surface area contributed by atoms with E-state index >= 15 is 0 Å². The first kappa shape index (κ1) is 23.6. The summed E-state index contributed by atoms with van der Waals surface area (Å²) in [7, 11) is 0. The second-order valence-corrected chi connectivity index (χ2v) is 11.6. The van der Waals surface area contributed by atoms with E-state index in [1.165, 1.54) is 18.7 Å². The van der Waals surface area contributed by atoms with Crippen molar-refractivity contribution in [3.05, 3.63) is 34.6 Å². The van der Waals surface area contributed by atoms with Gasteiger partial charge in [0.25, 0.3) is 0 Å². The van der Waals surface area contributed by atoms with E-state index in [9.17, 15) is 23.2 Å². The van der Waals surface area contributed by atoms with Crippen LogP contribution in [-0.4, -0.2) is 68.4 Å². The molecule has 4 heterocycles. The van der Waals surface area contributed by atoms with Crippen LogP contribution in [0.15, 0.2) is 18.2 Å². The predicted molar refractivity (Wildman–Crippen MR) is 124 cm³/mol. The van der Waals surface area contributed by atoms with E-state index in [0.717, 1.165) is 0 Å². The maximum Gasteiger partial charge on any atom is 0.406 e. The van der Waals surface area contributed by atoms with Crippen molar-refractivity contribution in [3.63, 3.8) is 0 Å². The summed E-state index contributed by atoms with van der Waals surface area (Å²) in [5, 5.41) is 18.4. The van der Waals surface area contributed by atoms with Crippen LogP contribution < -0.4 is 4.90 Å². The number of amides is 1. The molecule has 8 nitrogen and oxygen atoms in total. The number of carbonyl (C=O) groups excluding carboxylic acids is 1. The Labute approximate surface area is 211 Å². The Morgan fingerprint density at radius 1 is 1.11 bits per heavy atom. The molecule has 6 rings (SSSR count). The number of aromatic nitrogens is 3. The van der Waals surface area contributed by atoms with Gasteiger partial charge in [-0.1, -0.05) is 11.6 Å². The molecule has 3 fully saturated rings. The van der Waals surface area contributed by atoms with E-state index < -0.39 is 17.1 Å². The van der Waals surface area contributed by atoms with Crippen LogP contribution >= 0.6 is 11.6 Å². The third-order valence-electron chi connectivity index (χ3n) is 8.22. The highest BCUT2D eigenvalue weighted by Gasteiger charge is 2.60. The van der Waals surface area contributed by atoms with Crippen molar-refractivity contribution in [2.24, 2.45) is 10.8 Å². The van der Waals surface area contributed by atoms with E-state index in [1.807, 2.05) is 4.57 Å². The second kappa shape index (κ2) is 7.35. The molecule has 3 aliphatic heterocycles. The van der Waals surface area contributed by atoms with Crippen molar-refractivity contribution in [1.29, 1.82) is 5.26 Å². The van der Waals surface area contributed by atoms with Crippen LogP contribution in [0, 0.1) is 22.2 Å². The van der Waals surface area contributed by atoms with Gasteiger partial charge in [-0.3, -0.25) is 14.3 Å². The Hall–Kier alpha value is -2.84. The molecule has 36 heavy (non-hydrogen) atoms. The highest BCUT2D eigenvalue weighted by atomic mass is 35.5. The number of benzene rings is 1. The van der Waals surface area contributed by atoms with Gasteiger partial charge in [-0.2, -0.15) is 18.4 Å². The SMILES string of the molecule is CC(C)(N1Cc2cc(Cl)ccc2-n2c(nnc2N2CC3(CN(C(=O)C4(C#N)CC4)C3)C2)C1)C(F)(F)F. The van der Waals surface area contributed by atoms with Crippen LogP contribution in [0.3, 0.4) is 0 Å². The molecule has 1 spiro atoms. The normalized spacial score (nSPS) is 22.1. The summed E-state index contributed by atoms with van der Waals surface area (Å²) in [6.07, 6.45) is -3.17. The van der Waals surface area contributed by atoms with Gasteiger partial charge >= 0.3 is 6.18 Å². The van der Waals surface area contributed by atoms with Crippen LogP contribution in [0.2, 0.25) is 5.02 Å². The minimum absolute atomic E-state index is 0.0245. The third-order valence-corrected chi connectivity index (χ3v) is 8.46. The number of hydrogen-bond acceptors (Lipinski definition) is 6. The lowest BCUT2D eigenvalue weighted by Crippen LogP contribution is -2.74. The quantitative estimate of drug-likeness (QED) is 0.617. The number of nitriles is 1. The van der Waals surface area contributed by atoms with Crippen LogP contribution in [0.1, 0.15) is 38.1 Å². The Balaban J connectivity index is 1.26. The van der Waals surface area contributed by atoms with E-state index in [0.29, 0.717) is 67.1 Å². The largest absolute Gasteiger partial charge is 0.406 e. The topological polar surface area (TPSA) is 81.3 Å². The maximum atomic E-state index is 13.9. The number of anilines is 1. The van der Waals surface area contributed by atoms with Gasteiger partial charge in [0.05, 0.1) is 18.3 Å². The molecule has 0 atom stereocenters. The molecule has 12 heteroatoms. The van der Waals surface area contributed by atoms with Crippen LogP contribution in [-0.2, 0) is 17.9 Å². The molecule has 1 amide bonds. The number of nitrogens with zero attached hydrogens (tertiary/aromatic N) is 7. The fourth-order valence-electron chi connectivity index (χ4n) is 5.58. The molecule has 1 aliphatic carbocycles. The van der Waals surface area contributed by atoms with Crippen LogP contribution in [0.4, 0.5) is 19.1 Å². The van der Waals surface area contributed by atoms with Gasteiger partial charge in [0, 0.05) is 43.2 Å². The molecule has 2 saturated heterocycles. The molecular formula is C24H25ClF3N7O. The number of alkyl halides is 3. The lowest BCUT2D eigenvalue weighted by molar-refractivity contribution is -0.224. The van der Waals surface area contributed by atoms with Crippen molar-refractivity contribution in [1.82, 2.24) is 24.6 Å². The number of halogens is 4. The van der Waals surface area contributed by atoms with E-state index in [4.69, 9.17) is 11.6 Å². The first-order valence-corrected chi connectivity index (χ1v) is 12.3. The van der Waals surface area contributed by atoms with E-state index in [-0.39, 0.29) is 24.4 Å². The maximum absolute atomic E-state index is 13.9. The molecule has 1 saturated carbocycles. The van der Waals surface area contributed by atoms with Gasteiger partial charge in [0.1, 0.15) is 11.0 Å². The van der Waals surface area contributed by atoms with E-state index in [2.05, 4.69) is 21.2 Å². The van der Waals surface area contributed by atoms with Gasteiger partial charge in [-0.25, -0.2) is 0 Å². The molecule has 0 N–H and O–H groups in total. The molecule has 190 valence electrons. The van der Waals surface area contributed by atoms with Crippen molar-refractivity contribution in [2.45, 2.75) is 51.5 Å². The molecule has 2 aromatic rings. The standard InChI is InChI=1S/C24H25ClF3N7O/c1-21(2,24(26,27)28)34-8-15-7-16(25)3-4-17(15)35-18(9-34)30-31-20(35)33-13-22(14-33)11-32(12-22)19(36)23(10-29)5-6-23/h3-4,7H,5-6,8-9,11-14H2,1-2H3. The van der Waals surface area contributed by atoms with Crippen molar-refractivity contribution >= 4 is 23.5 Å². The number of rotatable bonds is 3. The smallest absolute Gasteiger partial charge is 0.340 e. The summed E-state index contributed by atoms with van der Waals surface area (Å²) in [4.78, 5) is 17.8. The fourth-order valence-corrected chi connectivity index (χ4v) is 5.77. The molecule has 1 aromatic carbocycles. The summed E-state index contributed by atoms with van der Waals surface area (Å²) in [5.74, 6) is 0.939. The lowest BCUT2D eigenvalue weighted by atomic mass is 9.72. The Bertz CT molecular complexity index is 1300. The fraction of sp³-hybridized carbons (Fsp3) is 0.583. The van der Waals surface area contributed by atoms with Crippen LogP contribution in [0.25, 0.3) is 5.69 Å². The van der Waals surface area contributed by atoms with Gasteiger partial charge in [0.2, 0.25) is 11.9 Å². The first-order valence-electron chi connectivity index (χ1n) is 11.9.